The number of aliphatic hydroxyl groups is 1. The van der Waals surface area contributed by atoms with E-state index in [0.717, 1.165) is 17.5 Å². The fourth-order valence-electron chi connectivity index (χ4n) is 3.34. The number of carbonyl (C=O) groups excluding carboxylic acids is 1. The van der Waals surface area contributed by atoms with Crippen molar-refractivity contribution in [1.82, 2.24) is 5.48 Å². The van der Waals surface area contributed by atoms with Gasteiger partial charge in [0.05, 0.1) is 18.6 Å². The van der Waals surface area contributed by atoms with Crippen LogP contribution in [-0.2, 0) is 22.7 Å². The molecule has 0 saturated heterocycles. The first-order chi connectivity index (χ1) is 13.7. The van der Waals surface area contributed by atoms with E-state index in [1.807, 2.05) is 49.4 Å². The van der Waals surface area contributed by atoms with Gasteiger partial charge in [-0.05, 0) is 41.2 Å². The van der Waals surface area contributed by atoms with Gasteiger partial charge in [-0.25, -0.2) is 5.48 Å². The summed E-state index contributed by atoms with van der Waals surface area (Å²) in [4.78, 5) is 17.9. The summed E-state index contributed by atoms with van der Waals surface area (Å²) in [7, 11) is 0. The molecule has 0 aliphatic carbocycles. The highest BCUT2D eigenvalue weighted by Gasteiger charge is 2.25. The van der Waals surface area contributed by atoms with Crippen LogP contribution in [0.4, 0.5) is 0 Å². The van der Waals surface area contributed by atoms with Crippen LogP contribution in [0.2, 0.25) is 0 Å². The molecule has 4 heteroatoms. The minimum absolute atomic E-state index is 0.272. The van der Waals surface area contributed by atoms with Gasteiger partial charge in [0, 0.05) is 0 Å². The molecule has 0 unspecified atom stereocenters. The fourth-order valence-corrected chi connectivity index (χ4v) is 3.34. The SMILES string of the molecule is CC[C@H](O)[C@@H](CCc1ccc2ccccc2c1)C(=O)NOCc1ccccc1. The number of hydrogen-bond acceptors (Lipinski definition) is 3. The Balaban J connectivity index is 1.58. The maximum Gasteiger partial charge on any atom is 0.249 e. The largest absolute Gasteiger partial charge is 0.392 e. The Morgan fingerprint density at radius 3 is 2.43 bits per heavy atom. The predicted molar refractivity (Wildman–Crippen MR) is 111 cm³/mol. The zero-order valence-corrected chi connectivity index (χ0v) is 16.2. The van der Waals surface area contributed by atoms with Crippen molar-refractivity contribution in [2.24, 2.45) is 5.92 Å². The molecule has 0 radical (unpaired) electrons. The molecule has 0 aliphatic heterocycles. The number of nitrogens with one attached hydrogen (secondary N) is 1. The number of carbonyl (C=O) groups is 1. The third kappa shape index (κ3) is 5.41. The van der Waals surface area contributed by atoms with Gasteiger partial charge >= 0.3 is 0 Å². The van der Waals surface area contributed by atoms with Gasteiger partial charge in [0.15, 0.2) is 0 Å². The van der Waals surface area contributed by atoms with Crippen LogP contribution in [-0.4, -0.2) is 17.1 Å². The second-order valence-electron chi connectivity index (χ2n) is 7.04. The number of fused-ring (bicyclic) bond motifs is 1. The summed E-state index contributed by atoms with van der Waals surface area (Å²) in [6, 6.07) is 24.2. The average Bonchev–Trinajstić information content (AvgIpc) is 2.74. The van der Waals surface area contributed by atoms with E-state index in [-0.39, 0.29) is 5.91 Å². The molecule has 1 amide bonds. The molecule has 0 aliphatic rings. The maximum atomic E-state index is 12.6. The molecule has 3 aromatic carbocycles. The second kappa shape index (κ2) is 10.0. The molecular formula is C24H27NO3. The molecule has 0 saturated carbocycles. The van der Waals surface area contributed by atoms with Crippen LogP contribution in [0, 0.1) is 5.92 Å². The Hall–Kier alpha value is -2.69. The molecule has 2 atom stereocenters. The molecule has 146 valence electrons. The third-order valence-electron chi connectivity index (χ3n) is 5.03. The number of amides is 1. The van der Waals surface area contributed by atoms with E-state index >= 15 is 0 Å². The number of hydroxylamine groups is 1. The Morgan fingerprint density at radius 1 is 0.964 bits per heavy atom. The number of rotatable bonds is 9. The zero-order chi connectivity index (χ0) is 19.8. The van der Waals surface area contributed by atoms with Crippen LogP contribution in [0.1, 0.15) is 30.9 Å². The lowest BCUT2D eigenvalue weighted by Crippen LogP contribution is -2.37. The van der Waals surface area contributed by atoms with E-state index in [1.54, 1.807) is 0 Å². The van der Waals surface area contributed by atoms with Crippen molar-refractivity contribution in [3.63, 3.8) is 0 Å². The van der Waals surface area contributed by atoms with Crippen molar-refractivity contribution in [3.8, 4) is 0 Å². The topological polar surface area (TPSA) is 58.6 Å². The minimum Gasteiger partial charge on any atom is -0.392 e. The van der Waals surface area contributed by atoms with Gasteiger partial charge in [0.1, 0.15) is 0 Å². The van der Waals surface area contributed by atoms with E-state index < -0.39 is 12.0 Å². The van der Waals surface area contributed by atoms with Crippen LogP contribution in [0.25, 0.3) is 10.8 Å². The normalized spacial score (nSPS) is 13.2. The van der Waals surface area contributed by atoms with Crippen LogP contribution in [0.3, 0.4) is 0 Å². The average molecular weight is 377 g/mol. The van der Waals surface area contributed by atoms with Crippen LogP contribution >= 0.6 is 0 Å². The lowest BCUT2D eigenvalue weighted by atomic mass is 9.92. The Bertz CT molecular complexity index is 895. The summed E-state index contributed by atoms with van der Waals surface area (Å²) in [5.41, 5.74) is 4.65. The van der Waals surface area contributed by atoms with Crippen molar-refractivity contribution in [1.29, 1.82) is 0 Å². The minimum atomic E-state index is -0.694. The Morgan fingerprint density at radius 2 is 1.68 bits per heavy atom. The number of hydrogen-bond donors (Lipinski definition) is 2. The summed E-state index contributed by atoms with van der Waals surface area (Å²) < 4.78 is 0. The van der Waals surface area contributed by atoms with E-state index in [2.05, 4.69) is 35.8 Å². The molecule has 0 aromatic heterocycles. The number of aryl methyl sites for hydroxylation is 1. The summed E-state index contributed by atoms with van der Waals surface area (Å²) in [5.74, 6) is -0.779. The lowest BCUT2D eigenvalue weighted by Gasteiger charge is -2.21. The molecule has 28 heavy (non-hydrogen) atoms. The van der Waals surface area contributed by atoms with E-state index in [1.165, 1.54) is 10.8 Å². The van der Waals surface area contributed by atoms with Gasteiger partial charge in [-0.1, -0.05) is 79.7 Å². The first kappa shape index (κ1) is 20.1. The van der Waals surface area contributed by atoms with Crippen LogP contribution < -0.4 is 5.48 Å². The van der Waals surface area contributed by atoms with E-state index in [0.29, 0.717) is 19.4 Å². The van der Waals surface area contributed by atoms with E-state index in [9.17, 15) is 9.90 Å². The van der Waals surface area contributed by atoms with Gasteiger partial charge < -0.3 is 5.11 Å². The first-order valence-electron chi connectivity index (χ1n) is 9.78. The van der Waals surface area contributed by atoms with Crippen molar-refractivity contribution < 1.29 is 14.7 Å². The van der Waals surface area contributed by atoms with Gasteiger partial charge in [-0.15, -0.1) is 0 Å². The summed E-state index contributed by atoms with van der Waals surface area (Å²) in [6.07, 6.45) is 1.11. The first-order valence-corrected chi connectivity index (χ1v) is 9.78. The summed E-state index contributed by atoms with van der Waals surface area (Å²) in [5, 5.41) is 12.7. The van der Waals surface area contributed by atoms with Gasteiger partial charge in [-0.3, -0.25) is 9.63 Å². The highest BCUT2D eigenvalue weighted by atomic mass is 16.6. The smallest absolute Gasteiger partial charge is 0.249 e. The molecule has 2 N–H and O–H groups in total. The lowest BCUT2D eigenvalue weighted by molar-refractivity contribution is -0.142. The molecule has 0 heterocycles. The Kier molecular flexibility index (Phi) is 7.18. The zero-order valence-electron chi connectivity index (χ0n) is 16.2. The Labute approximate surface area is 166 Å². The number of aliphatic hydroxyl groups excluding tert-OH is 1. The molecule has 0 fully saturated rings. The predicted octanol–water partition coefficient (Wildman–Crippen LogP) is 4.41. The van der Waals surface area contributed by atoms with Crippen molar-refractivity contribution in [2.75, 3.05) is 0 Å². The maximum absolute atomic E-state index is 12.6. The van der Waals surface area contributed by atoms with Crippen molar-refractivity contribution in [2.45, 2.75) is 38.9 Å². The van der Waals surface area contributed by atoms with E-state index in [4.69, 9.17) is 4.84 Å². The highest BCUT2D eigenvalue weighted by molar-refractivity contribution is 5.83. The van der Waals surface area contributed by atoms with Crippen LogP contribution in [0.5, 0.6) is 0 Å². The summed E-state index contributed by atoms with van der Waals surface area (Å²) >= 11 is 0. The van der Waals surface area contributed by atoms with Gasteiger partial charge in [-0.2, -0.15) is 0 Å². The second-order valence-corrected chi connectivity index (χ2v) is 7.04. The van der Waals surface area contributed by atoms with Gasteiger partial charge in [0.2, 0.25) is 5.91 Å². The highest BCUT2D eigenvalue weighted by Crippen LogP contribution is 2.20. The summed E-state index contributed by atoms with van der Waals surface area (Å²) in [6.45, 7) is 2.18. The van der Waals surface area contributed by atoms with Crippen molar-refractivity contribution in [3.05, 3.63) is 83.9 Å². The quantitative estimate of drug-likeness (QED) is 0.543. The number of benzene rings is 3. The third-order valence-corrected chi connectivity index (χ3v) is 5.03. The monoisotopic (exact) mass is 377 g/mol. The standard InChI is InChI=1S/C24H27NO3/c1-2-23(26)22(24(27)25-28-17-19-8-4-3-5-9-19)15-13-18-12-14-20-10-6-7-11-21(20)16-18/h3-12,14,16,22-23,26H,2,13,15,17H2,1H3,(H,25,27)/t22-,23+/m1/s1. The molecule has 3 rings (SSSR count). The molecule has 0 spiro atoms. The molecule has 4 nitrogen and oxygen atoms in total. The van der Waals surface area contributed by atoms with Gasteiger partial charge in [0.25, 0.3) is 0 Å². The molecule has 3 aromatic rings. The molecular weight excluding hydrogens is 350 g/mol. The van der Waals surface area contributed by atoms with Crippen molar-refractivity contribution >= 4 is 16.7 Å². The fraction of sp³-hybridized carbons (Fsp3) is 0.292. The van der Waals surface area contributed by atoms with Crippen LogP contribution in [0.15, 0.2) is 72.8 Å². The molecule has 0 bridgehead atoms.